The molecule has 3 rings (SSSR count). The third-order valence-electron chi connectivity index (χ3n) is 5.29. The molecule has 0 radical (unpaired) electrons. The Balaban J connectivity index is 1.55. The Kier molecular flexibility index (Phi) is 4.93. The van der Waals surface area contributed by atoms with Crippen LogP contribution in [0.25, 0.3) is 0 Å². The number of hydrogen-bond acceptors (Lipinski definition) is 2. The van der Waals surface area contributed by atoms with Crippen LogP contribution in [0.2, 0.25) is 5.02 Å². The maximum absolute atomic E-state index is 13.1. The molecule has 2 aliphatic rings. The number of hydrogen-bond donors (Lipinski definition) is 0. The van der Waals surface area contributed by atoms with Crippen LogP contribution < -0.4 is 0 Å². The Morgan fingerprint density at radius 2 is 1.87 bits per heavy atom. The first-order chi connectivity index (χ1) is 11.0. The Labute approximate surface area is 142 Å². The highest BCUT2D eigenvalue weighted by Crippen LogP contribution is 2.39. The molecule has 1 heterocycles. The molecule has 1 aromatic carbocycles. The minimum atomic E-state index is -0.307. The van der Waals surface area contributed by atoms with E-state index in [0.29, 0.717) is 17.5 Å². The molecular weight excluding hydrogens is 315 g/mol. The number of nitrogens with zero attached hydrogens (tertiary/aromatic N) is 2. The van der Waals surface area contributed by atoms with Gasteiger partial charge in [0.2, 0.25) is 5.91 Å². The zero-order valence-corrected chi connectivity index (χ0v) is 14.4. The average Bonchev–Trinajstić information content (AvgIpc) is 2.98. The van der Waals surface area contributed by atoms with Crippen molar-refractivity contribution in [2.24, 2.45) is 5.41 Å². The first-order valence-corrected chi connectivity index (χ1v) is 8.81. The van der Waals surface area contributed by atoms with Gasteiger partial charge in [-0.1, -0.05) is 37.4 Å². The van der Waals surface area contributed by atoms with E-state index < -0.39 is 0 Å². The minimum absolute atomic E-state index is 0.136. The van der Waals surface area contributed by atoms with Crippen LogP contribution in [0.1, 0.15) is 38.2 Å². The van der Waals surface area contributed by atoms with Gasteiger partial charge < -0.3 is 4.90 Å². The maximum Gasteiger partial charge on any atom is 0.228 e. The summed E-state index contributed by atoms with van der Waals surface area (Å²) in [6, 6.07) is 4.55. The number of halogens is 2. The summed E-state index contributed by atoms with van der Waals surface area (Å²) in [5.74, 6) is 0.0217. The number of benzene rings is 1. The quantitative estimate of drug-likeness (QED) is 0.839. The van der Waals surface area contributed by atoms with Gasteiger partial charge in [0.15, 0.2) is 0 Å². The predicted octanol–water partition coefficient (Wildman–Crippen LogP) is 3.70. The molecule has 23 heavy (non-hydrogen) atoms. The molecule has 2 fully saturated rings. The van der Waals surface area contributed by atoms with E-state index >= 15 is 0 Å². The van der Waals surface area contributed by atoms with Crippen LogP contribution in [-0.2, 0) is 11.3 Å². The second-order valence-electron chi connectivity index (χ2n) is 7.07. The average molecular weight is 339 g/mol. The topological polar surface area (TPSA) is 23.6 Å². The monoisotopic (exact) mass is 338 g/mol. The van der Waals surface area contributed by atoms with Gasteiger partial charge in [-0.3, -0.25) is 9.69 Å². The largest absolute Gasteiger partial charge is 0.340 e. The molecule has 5 heteroatoms. The van der Waals surface area contributed by atoms with Crippen molar-refractivity contribution in [1.82, 2.24) is 9.80 Å². The Bertz CT molecular complexity index is 578. The molecule has 1 aliphatic heterocycles. The van der Waals surface area contributed by atoms with E-state index in [2.05, 4.69) is 11.8 Å². The molecule has 3 nitrogen and oxygen atoms in total. The third kappa shape index (κ3) is 3.69. The highest BCUT2D eigenvalue weighted by atomic mass is 35.5. The number of carbonyl (C=O) groups is 1. The molecule has 1 saturated carbocycles. The summed E-state index contributed by atoms with van der Waals surface area (Å²) in [5, 5.41) is 0.474. The molecule has 1 saturated heterocycles. The molecular formula is C18H24ClFN2O. The molecule has 0 unspecified atom stereocenters. The van der Waals surface area contributed by atoms with Crippen LogP contribution in [0.15, 0.2) is 18.2 Å². The third-order valence-corrected chi connectivity index (χ3v) is 5.64. The summed E-state index contributed by atoms with van der Waals surface area (Å²) in [5.41, 5.74) is 0.804. The lowest BCUT2D eigenvalue weighted by atomic mass is 9.87. The molecule has 0 spiro atoms. The molecule has 0 N–H and O–H groups in total. The fourth-order valence-electron chi connectivity index (χ4n) is 3.75. The van der Waals surface area contributed by atoms with Gasteiger partial charge in [-0.05, 0) is 30.5 Å². The predicted molar refractivity (Wildman–Crippen MR) is 89.8 cm³/mol. The van der Waals surface area contributed by atoms with Crippen molar-refractivity contribution in [1.29, 1.82) is 0 Å². The molecule has 1 aliphatic carbocycles. The van der Waals surface area contributed by atoms with E-state index in [-0.39, 0.29) is 11.2 Å². The maximum atomic E-state index is 13.1. The van der Waals surface area contributed by atoms with Crippen molar-refractivity contribution in [2.75, 3.05) is 26.2 Å². The van der Waals surface area contributed by atoms with Crippen LogP contribution in [0.4, 0.5) is 4.39 Å². The van der Waals surface area contributed by atoms with Crippen molar-refractivity contribution in [3.8, 4) is 0 Å². The van der Waals surface area contributed by atoms with E-state index in [4.69, 9.17) is 11.6 Å². The van der Waals surface area contributed by atoms with E-state index in [1.165, 1.54) is 25.0 Å². The minimum Gasteiger partial charge on any atom is -0.340 e. The lowest BCUT2D eigenvalue weighted by Crippen LogP contribution is -2.51. The summed E-state index contributed by atoms with van der Waals surface area (Å²) >= 11 is 6.10. The smallest absolute Gasteiger partial charge is 0.228 e. The summed E-state index contributed by atoms with van der Waals surface area (Å²) in [6.07, 6.45) is 4.39. The lowest BCUT2D eigenvalue weighted by Gasteiger charge is -2.38. The Morgan fingerprint density at radius 1 is 1.22 bits per heavy atom. The van der Waals surface area contributed by atoms with E-state index in [1.54, 1.807) is 6.07 Å². The standard InChI is InChI=1S/C18H24ClFN2O/c1-18(6-2-3-7-18)17(23)22-10-8-21(9-11-22)13-14-4-5-15(20)12-16(14)19/h4-5,12H,2-3,6-11,13H2,1H3. The second-order valence-corrected chi connectivity index (χ2v) is 7.48. The van der Waals surface area contributed by atoms with E-state index in [0.717, 1.165) is 44.6 Å². The van der Waals surface area contributed by atoms with E-state index in [9.17, 15) is 9.18 Å². The number of rotatable bonds is 3. The normalized spacial score (nSPS) is 21.6. The highest BCUT2D eigenvalue weighted by molar-refractivity contribution is 6.31. The van der Waals surface area contributed by atoms with Crippen molar-refractivity contribution in [3.63, 3.8) is 0 Å². The van der Waals surface area contributed by atoms with Crippen LogP contribution >= 0.6 is 11.6 Å². The van der Waals surface area contributed by atoms with Crippen molar-refractivity contribution >= 4 is 17.5 Å². The van der Waals surface area contributed by atoms with Crippen LogP contribution in [0, 0.1) is 11.2 Å². The number of amides is 1. The number of piperazine rings is 1. The summed E-state index contributed by atoms with van der Waals surface area (Å²) in [7, 11) is 0. The van der Waals surface area contributed by atoms with Crippen molar-refractivity contribution in [3.05, 3.63) is 34.6 Å². The van der Waals surface area contributed by atoms with Gasteiger partial charge in [0.25, 0.3) is 0 Å². The second kappa shape index (κ2) is 6.78. The first kappa shape index (κ1) is 16.7. The molecule has 0 aromatic heterocycles. The lowest BCUT2D eigenvalue weighted by molar-refractivity contribution is -0.142. The Morgan fingerprint density at radius 3 is 2.48 bits per heavy atom. The summed E-state index contributed by atoms with van der Waals surface area (Å²) < 4.78 is 13.1. The zero-order chi connectivity index (χ0) is 16.4. The number of carbonyl (C=O) groups excluding carboxylic acids is 1. The molecule has 0 bridgehead atoms. The fraction of sp³-hybridized carbons (Fsp3) is 0.611. The van der Waals surface area contributed by atoms with Crippen LogP contribution in [-0.4, -0.2) is 41.9 Å². The summed E-state index contributed by atoms with van der Waals surface area (Å²) in [4.78, 5) is 17.0. The molecule has 0 atom stereocenters. The van der Waals surface area contributed by atoms with Gasteiger partial charge in [-0.25, -0.2) is 4.39 Å². The van der Waals surface area contributed by atoms with Gasteiger partial charge in [0, 0.05) is 43.2 Å². The van der Waals surface area contributed by atoms with Gasteiger partial charge in [-0.15, -0.1) is 0 Å². The van der Waals surface area contributed by atoms with Crippen molar-refractivity contribution in [2.45, 2.75) is 39.2 Å². The Hall–Kier alpha value is -1.13. The van der Waals surface area contributed by atoms with Gasteiger partial charge >= 0.3 is 0 Å². The van der Waals surface area contributed by atoms with Crippen molar-refractivity contribution < 1.29 is 9.18 Å². The highest BCUT2D eigenvalue weighted by Gasteiger charge is 2.39. The molecule has 1 amide bonds. The van der Waals surface area contributed by atoms with Crippen LogP contribution in [0.5, 0.6) is 0 Å². The molecule has 126 valence electrons. The first-order valence-electron chi connectivity index (χ1n) is 8.44. The fourth-order valence-corrected chi connectivity index (χ4v) is 3.98. The van der Waals surface area contributed by atoms with Gasteiger partial charge in [0.1, 0.15) is 5.82 Å². The van der Waals surface area contributed by atoms with E-state index in [1.807, 2.05) is 4.90 Å². The van der Waals surface area contributed by atoms with Gasteiger partial charge in [-0.2, -0.15) is 0 Å². The van der Waals surface area contributed by atoms with Gasteiger partial charge in [0.05, 0.1) is 0 Å². The van der Waals surface area contributed by atoms with Crippen LogP contribution in [0.3, 0.4) is 0 Å². The zero-order valence-electron chi connectivity index (χ0n) is 13.7. The molecule has 1 aromatic rings. The SMILES string of the molecule is CC1(C(=O)N2CCN(Cc3ccc(F)cc3Cl)CC2)CCCC1. The summed E-state index contributed by atoms with van der Waals surface area (Å²) in [6.45, 7) is 6.05.